The van der Waals surface area contributed by atoms with Crippen LogP contribution >= 0.6 is 11.2 Å². The molecule has 5 nitrogen and oxygen atoms in total. The highest BCUT2D eigenvalue weighted by atomic mass is 32.4. The number of para-hydroxylation sites is 1. The van der Waals surface area contributed by atoms with E-state index in [-0.39, 0.29) is 0 Å². The van der Waals surface area contributed by atoms with Gasteiger partial charge in [-0.25, -0.2) is 4.68 Å². The number of hydrogen-bond acceptors (Lipinski definition) is 4. The molecule has 6 aromatic rings. The van der Waals surface area contributed by atoms with Crippen molar-refractivity contribution >= 4 is 45.4 Å². The SMILES string of the molecule is N/C(=N/N=C/c1cn(-c2ccccc2)nc1-c1ccccc1)S[Si](c1ccccc1)(c1ccccc1)c1ccccc1. The molecular formula is C35H29N5SSi. The molecule has 1 aromatic heterocycles. The van der Waals surface area contributed by atoms with E-state index in [1.165, 1.54) is 15.6 Å². The number of benzene rings is 5. The second kappa shape index (κ2) is 12.7. The lowest BCUT2D eigenvalue weighted by Crippen LogP contribution is -2.65. The predicted molar refractivity (Wildman–Crippen MR) is 180 cm³/mol. The average Bonchev–Trinajstić information content (AvgIpc) is 3.50. The fourth-order valence-electron chi connectivity index (χ4n) is 5.04. The molecule has 0 aliphatic rings. The van der Waals surface area contributed by atoms with Crippen LogP contribution in [-0.2, 0) is 0 Å². The number of amidine groups is 1. The molecule has 0 radical (unpaired) electrons. The quantitative estimate of drug-likeness (QED) is 0.0841. The van der Waals surface area contributed by atoms with Gasteiger partial charge in [0.1, 0.15) is 5.69 Å². The molecule has 6 rings (SSSR count). The summed E-state index contributed by atoms with van der Waals surface area (Å²) in [6.45, 7) is 0. The summed E-state index contributed by atoms with van der Waals surface area (Å²) in [5.74, 6) is 0. The van der Waals surface area contributed by atoms with Gasteiger partial charge in [0.2, 0.25) is 7.22 Å². The third kappa shape index (κ3) is 5.74. The van der Waals surface area contributed by atoms with Crippen molar-refractivity contribution in [2.75, 3.05) is 0 Å². The first kappa shape index (κ1) is 27.2. The van der Waals surface area contributed by atoms with E-state index in [9.17, 15) is 0 Å². The summed E-state index contributed by atoms with van der Waals surface area (Å²) in [5.41, 5.74) is 10.3. The molecule has 42 heavy (non-hydrogen) atoms. The maximum absolute atomic E-state index is 6.69. The van der Waals surface area contributed by atoms with E-state index in [1.807, 2.05) is 89.7 Å². The molecule has 0 unspecified atom stereocenters. The van der Waals surface area contributed by atoms with E-state index < -0.39 is 7.22 Å². The van der Waals surface area contributed by atoms with Crippen LogP contribution in [0.2, 0.25) is 0 Å². The van der Waals surface area contributed by atoms with Gasteiger partial charge in [-0.3, -0.25) is 0 Å². The van der Waals surface area contributed by atoms with E-state index in [2.05, 4.69) is 83.0 Å². The molecule has 1 heterocycles. The molecule has 0 spiro atoms. The number of hydrogen-bond donors (Lipinski definition) is 1. The van der Waals surface area contributed by atoms with Gasteiger partial charge in [0.15, 0.2) is 5.17 Å². The molecular weight excluding hydrogens is 551 g/mol. The Hall–Kier alpha value is -4.98. The average molecular weight is 580 g/mol. The zero-order valence-electron chi connectivity index (χ0n) is 22.9. The Kier molecular flexibility index (Phi) is 8.21. The van der Waals surface area contributed by atoms with Gasteiger partial charge in [-0.1, -0.05) is 151 Å². The molecule has 0 aliphatic carbocycles. The third-order valence-electron chi connectivity index (χ3n) is 6.96. The van der Waals surface area contributed by atoms with Crippen molar-refractivity contribution in [3.05, 3.63) is 163 Å². The van der Waals surface area contributed by atoms with E-state index >= 15 is 0 Å². The summed E-state index contributed by atoms with van der Waals surface area (Å²) < 4.78 is 1.86. The van der Waals surface area contributed by atoms with E-state index in [0.717, 1.165) is 22.5 Å². The molecule has 0 fully saturated rings. The monoisotopic (exact) mass is 579 g/mol. The van der Waals surface area contributed by atoms with E-state index in [4.69, 9.17) is 10.8 Å². The lowest BCUT2D eigenvalue weighted by atomic mass is 10.1. The van der Waals surface area contributed by atoms with Crippen LogP contribution < -0.4 is 21.3 Å². The van der Waals surface area contributed by atoms with Crippen molar-refractivity contribution < 1.29 is 0 Å². The van der Waals surface area contributed by atoms with E-state index in [0.29, 0.717) is 5.17 Å². The number of rotatable bonds is 8. The zero-order valence-corrected chi connectivity index (χ0v) is 24.7. The van der Waals surface area contributed by atoms with Crippen LogP contribution in [0.1, 0.15) is 5.56 Å². The van der Waals surface area contributed by atoms with Crippen LogP contribution in [0.4, 0.5) is 0 Å². The van der Waals surface area contributed by atoms with Crippen LogP contribution in [0.3, 0.4) is 0 Å². The molecule has 0 atom stereocenters. The minimum Gasteiger partial charge on any atom is -0.377 e. The molecule has 7 heteroatoms. The Labute approximate surface area is 250 Å². The van der Waals surface area contributed by atoms with Gasteiger partial charge in [0, 0.05) is 17.3 Å². The normalized spacial score (nSPS) is 12.0. The third-order valence-corrected chi connectivity index (χ3v) is 14.7. The first-order chi connectivity index (χ1) is 20.7. The first-order valence-electron chi connectivity index (χ1n) is 13.7. The number of nitrogens with zero attached hydrogens (tertiary/aromatic N) is 4. The second-order valence-corrected chi connectivity index (χ2v) is 15.8. The van der Waals surface area contributed by atoms with Crippen molar-refractivity contribution in [3.63, 3.8) is 0 Å². The smallest absolute Gasteiger partial charge is 0.218 e. The van der Waals surface area contributed by atoms with Gasteiger partial charge in [-0.05, 0) is 27.7 Å². The lowest BCUT2D eigenvalue weighted by molar-refractivity contribution is 0.884. The summed E-state index contributed by atoms with van der Waals surface area (Å²) in [5, 5.41) is 18.0. The Morgan fingerprint density at radius 1 is 0.643 bits per heavy atom. The zero-order chi connectivity index (χ0) is 28.6. The van der Waals surface area contributed by atoms with Crippen LogP contribution in [0.5, 0.6) is 0 Å². The molecule has 0 saturated carbocycles. The first-order valence-corrected chi connectivity index (χ1v) is 17.2. The highest BCUT2D eigenvalue weighted by Crippen LogP contribution is 2.24. The van der Waals surface area contributed by atoms with Crippen molar-refractivity contribution in [3.8, 4) is 16.9 Å². The standard InChI is InChI=1S/C35H29N5SSi/c36-35(38-37-26-29-27-40(30-18-8-2-9-19-30)39-34(29)28-16-6-1-7-17-28)41-42(31-20-10-3-11-21-31,32-22-12-4-13-23-32)33-24-14-5-15-25-33/h1-27H,(H2,36,38)/b37-26+. The Bertz CT molecular complexity index is 1690. The number of nitrogens with two attached hydrogens (primary N) is 1. The maximum atomic E-state index is 6.69. The van der Waals surface area contributed by atoms with Crippen molar-refractivity contribution in [2.45, 2.75) is 0 Å². The minimum atomic E-state index is -2.65. The molecule has 0 amide bonds. The van der Waals surface area contributed by atoms with Gasteiger partial charge in [0.25, 0.3) is 0 Å². The molecule has 0 saturated heterocycles. The summed E-state index contributed by atoms with van der Waals surface area (Å²) in [7, 11) is -2.65. The highest BCUT2D eigenvalue weighted by molar-refractivity contribution is 8.42. The Morgan fingerprint density at radius 3 is 1.60 bits per heavy atom. The fourth-order valence-corrected chi connectivity index (χ4v) is 12.1. The van der Waals surface area contributed by atoms with Gasteiger partial charge >= 0.3 is 0 Å². The molecule has 0 bridgehead atoms. The van der Waals surface area contributed by atoms with E-state index in [1.54, 1.807) is 17.4 Å². The van der Waals surface area contributed by atoms with Crippen LogP contribution in [0.25, 0.3) is 16.9 Å². The number of aromatic nitrogens is 2. The summed E-state index contributed by atoms with van der Waals surface area (Å²) in [6, 6.07) is 52.0. The Balaban J connectivity index is 1.39. The van der Waals surface area contributed by atoms with Crippen molar-refractivity contribution in [1.82, 2.24) is 9.78 Å². The maximum Gasteiger partial charge on any atom is 0.218 e. The molecule has 2 N–H and O–H groups in total. The lowest BCUT2D eigenvalue weighted by Gasteiger charge is -2.32. The van der Waals surface area contributed by atoms with Crippen LogP contribution in [-0.4, -0.2) is 28.4 Å². The molecule has 0 aliphatic heterocycles. The highest BCUT2D eigenvalue weighted by Gasteiger charge is 2.41. The Morgan fingerprint density at radius 2 is 1.10 bits per heavy atom. The van der Waals surface area contributed by atoms with Crippen molar-refractivity contribution in [1.29, 1.82) is 0 Å². The van der Waals surface area contributed by atoms with Gasteiger partial charge in [-0.15, -0.1) is 5.10 Å². The fraction of sp³-hybridized carbons (Fsp3) is 0. The van der Waals surface area contributed by atoms with Crippen LogP contribution in [0.15, 0.2) is 168 Å². The summed E-state index contributed by atoms with van der Waals surface area (Å²) in [6.07, 6.45) is 3.70. The largest absolute Gasteiger partial charge is 0.377 e. The van der Waals surface area contributed by atoms with Gasteiger partial charge in [0.05, 0.1) is 11.9 Å². The predicted octanol–water partition coefficient (Wildman–Crippen LogP) is 5.59. The summed E-state index contributed by atoms with van der Waals surface area (Å²) >= 11 is 1.62. The summed E-state index contributed by atoms with van der Waals surface area (Å²) in [4.78, 5) is 0. The molecule has 5 aromatic carbocycles. The molecule has 204 valence electrons. The van der Waals surface area contributed by atoms with Crippen LogP contribution in [0, 0.1) is 0 Å². The van der Waals surface area contributed by atoms with Crippen molar-refractivity contribution in [2.24, 2.45) is 15.9 Å². The van der Waals surface area contributed by atoms with Gasteiger partial charge < -0.3 is 5.73 Å². The second-order valence-electron chi connectivity index (χ2n) is 9.64. The van der Waals surface area contributed by atoms with Gasteiger partial charge in [-0.2, -0.15) is 10.2 Å². The minimum absolute atomic E-state index is 0.409. The topological polar surface area (TPSA) is 68.6 Å².